The minimum absolute atomic E-state index is 0.0961. The van der Waals surface area contributed by atoms with Crippen molar-refractivity contribution in [1.29, 1.82) is 0 Å². The van der Waals surface area contributed by atoms with Gasteiger partial charge >= 0.3 is 0 Å². The van der Waals surface area contributed by atoms with E-state index < -0.39 is 5.82 Å². The third-order valence-corrected chi connectivity index (χ3v) is 2.31. The number of carbonyl (C=O) groups excluding carboxylic acids is 1. The van der Waals surface area contributed by atoms with Gasteiger partial charge in [0.15, 0.2) is 11.6 Å². The third-order valence-electron chi connectivity index (χ3n) is 2.10. The molecule has 0 spiro atoms. The number of anilines is 1. The fourth-order valence-corrected chi connectivity index (χ4v) is 1.33. The van der Waals surface area contributed by atoms with Crippen molar-refractivity contribution in [3.8, 4) is 0 Å². The molecule has 1 aromatic heterocycles. The molecule has 0 aliphatic rings. The van der Waals surface area contributed by atoms with E-state index in [1.807, 2.05) is 0 Å². The minimum Gasteiger partial charge on any atom is -0.359 e. The first kappa shape index (κ1) is 12.7. The van der Waals surface area contributed by atoms with Gasteiger partial charge in [-0.1, -0.05) is 11.6 Å². The van der Waals surface area contributed by atoms with Crippen molar-refractivity contribution in [2.45, 2.75) is 6.42 Å². The van der Waals surface area contributed by atoms with Crippen LogP contribution < -0.4 is 10.2 Å². The summed E-state index contributed by atoms with van der Waals surface area (Å²) in [4.78, 5) is 16.5. The second-order valence-corrected chi connectivity index (χ2v) is 3.74. The lowest BCUT2D eigenvalue weighted by Gasteiger charge is -2.18. The van der Waals surface area contributed by atoms with Crippen LogP contribution >= 0.6 is 11.6 Å². The van der Waals surface area contributed by atoms with Crippen molar-refractivity contribution in [3.63, 3.8) is 0 Å². The first-order valence-electron chi connectivity index (χ1n) is 4.77. The molecule has 1 aromatic rings. The highest BCUT2D eigenvalue weighted by Gasteiger charge is 2.10. The molecule has 0 aliphatic heterocycles. The molecule has 16 heavy (non-hydrogen) atoms. The van der Waals surface area contributed by atoms with Crippen molar-refractivity contribution >= 4 is 23.3 Å². The van der Waals surface area contributed by atoms with Crippen LogP contribution in [0.2, 0.25) is 5.02 Å². The summed E-state index contributed by atoms with van der Waals surface area (Å²) >= 11 is 5.59. The topological polar surface area (TPSA) is 45.2 Å². The molecule has 0 atom stereocenters. The number of hydrogen-bond acceptors (Lipinski definition) is 3. The minimum atomic E-state index is -0.494. The van der Waals surface area contributed by atoms with E-state index in [0.29, 0.717) is 6.54 Å². The molecule has 1 amide bonds. The van der Waals surface area contributed by atoms with Gasteiger partial charge < -0.3 is 10.2 Å². The molecule has 1 heterocycles. The smallest absolute Gasteiger partial charge is 0.221 e. The van der Waals surface area contributed by atoms with E-state index >= 15 is 0 Å². The number of carbonyl (C=O) groups is 1. The SMILES string of the molecule is CNC(=O)CCN(C)c1ncc(Cl)cc1F. The van der Waals surface area contributed by atoms with Crippen LogP contribution in [0.25, 0.3) is 0 Å². The molecule has 0 bridgehead atoms. The quantitative estimate of drug-likeness (QED) is 0.873. The van der Waals surface area contributed by atoms with E-state index in [0.717, 1.165) is 0 Å². The second-order valence-electron chi connectivity index (χ2n) is 3.30. The lowest BCUT2D eigenvalue weighted by atomic mass is 10.3. The van der Waals surface area contributed by atoms with Crippen LogP contribution in [0.4, 0.5) is 10.2 Å². The average Bonchev–Trinajstić information content (AvgIpc) is 2.25. The molecule has 1 rings (SSSR count). The number of aromatic nitrogens is 1. The molecular formula is C10H13ClFN3O. The molecule has 0 unspecified atom stereocenters. The van der Waals surface area contributed by atoms with Crippen LogP contribution in [0.3, 0.4) is 0 Å². The summed E-state index contributed by atoms with van der Waals surface area (Å²) in [5.41, 5.74) is 0. The number of nitrogens with zero attached hydrogens (tertiary/aromatic N) is 2. The first-order chi connectivity index (χ1) is 7.54. The Balaban J connectivity index is 2.65. The van der Waals surface area contributed by atoms with Gasteiger partial charge in [-0.15, -0.1) is 0 Å². The third kappa shape index (κ3) is 3.34. The fourth-order valence-electron chi connectivity index (χ4n) is 1.19. The van der Waals surface area contributed by atoms with E-state index in [1.54, 1.807) is 19.0 Å². The maximum Gasteiger partial charge on any atom is 0.221 e. The molecule has 0 fully saturated rings. The maximum absolute atomic E-state index is 13.4. The molecule has 4 nitrogen and oxygen atoms in total. The average molecular weight is 246 g/mol. The number of amides is 1. The lowest BCUT2D eigenvalue weighted by molar-refractivity contribution is -0.120. The Bertz CT molecular complexity index is 386. The number of halogens is 2. The molecule has 0 aromatic carbocycles. The maximum atomic E-state index is 13.4. The standard InChI is InChI=1S/C10H13ClFN3O/c1-13-9(16)3-4-15(2)10-8(12)5-7(11)6-14-10/h5-6H,3-4H2,1-2H3,(H,13,16). The summed E-state index contributed by atoms with van der Waals surface area (Å²) in [6.45, 7) is 0.394. The monoisotopic (exact) mass is 245 g/mol. The van der Waals surface area contributed by atoms with Crippen LogP contribution in [0, 0.1) is 5.82 Å². The molecular weight excluding hydrogens is 233 g/mol. The summed E-state index contributed by atoms with van der Waals surface area (Å²) in [5, 5.41) is 2.75. The number of rotatable bonds is 4. The van der Waals surface area contributed by atoms with Crippen molar-refractivity contribution in [3.05, 3.63) is 23.1 Å². The second kappa shape index (κ2) is 5.65. The summed E-state index contributed by atoms with van der Waals surface area (Å²) in [5.74, 6) is -0.401. The van der Waals surface area contributed by atoms with E-state index in [-0.39, 0.29) is 23.2 Å². The van der Waals surface area contributed by atoms with E-state index in [4.69, 9.17) is 11.6 Å². The molecule has 0 radical (unpaired) electrons. The molecule has 88 valence electrons. The van der Waals surface area contributed by atoms with Gasteiger partial charge in [0.25, 0.3) is 0 Å². The summed E-state index contributed by atoms with van der Waals surface area (Å²) in [6.07, 6.45) is 1.66. The van der Waals surface area contributed by atoms with Gasteiger partial charge in [-0.2, -0.15) is 0 Å². The molecule has 6 heteroatoms. The summed E-state index contributed by atoms with van der Waals surface area (Å²) < 4.78 is 13.4. The molecule has 0 aliphatic carbocycles. The molecule has 0 saturated heterocycles. The van der Waals surface area contributed by atoms with Crippen LogP contribution in [-0.4, -0.2) is 31.5 Å². The normalized spacial score (nSPS) is 10.0. The van der Waals surface area contributed by atoms with Crippen LogP contribution in [0.15, 0.2) is 12.3 Å². The Labute approximate surface area is 98.4 Å². The van der Waals surface area contributed by atoms with Gasteiger partial charge in [0.05, 0.1) is 5.02 Å². The largest absolute Gasteiger partial charge is 0.359 e. The van der Waals surface area contributed by atoms with Gasteiger partial charge in [0.1, 0.15) is 0 Å². The fraction of sp³-hybridized carbons (Fsp3) is 0.400. The van der Waals surface area contributed by atoms with Crippen molar-refractivity contribution in [2.24, 2.45) is 0 Å². The zero-order chi connectivity index (χ0) is 12.1. The Kier molecular flexibility index (Phi) is 4.49. The Hall–Kier alpha value is -1.36. The highest BCUT2D eigenvalue weighted by atomic mass is 35.5. The zero-order valence-electron chi connectivity index (χ0n) is 9.13. The lowest BCUT2D eigenvalue weighted by Crippen LogP contribution is -2.27. The van der Waals surface area contributed by atoms with Gasteiger partial charge in [-0.05, 0) is 6.07 Å². The number of pyridine rings is 1. The van der Waals surface area contributed by atoms with Crippen molar-refractivity contribution in [2.75, 3.05) is 25.5 Å². The summed E-state index contributed by atoms with van der Waals surface area (Å²) in [7, 11) is 3.23. The van der Waals surface area contributed by atoms with Crippen LogP contribution in [0.5, 0.6) is 0 Å². The highest BCUT2D eigenvalue weighted by molar-refractivity contribution is 6.30. The van der Waals surface area contributed by atoms with Crippen LogP contribution in [0.1, 0.15) is 6.42 Å². The van der Waals surface area contributed by atoms with Gasteiger partial charge in [-0.25, -0.2) is 9.37 Å². The van der Waals surface area contributed by atoms with Gasteiger partial charge in [0, 0.05) is 33.3 Å². The van der Waals surface area contributed by atoms with Crippen molar-refractivity contribution in [1.82, 2.24) is 10.3 Å². The molecule has 0 saturated carbocycles. The van der Waals surface area contributed by atoms with Crippen LogP contribution in [-0.2, 0) is 4.79 Å². The van der Waals surface area contributed by atoms with Gasteiger partial charge in [-0.3, -0.25) is 4.79 Å². The predicted molar refractivity (Wildman–Crippen MR) is 61.2 cm³/mol. The zero-order valence-corrected chi connectivity index (χ0v) is 9.88. The summed E-state index contributed by atoms with van der Waals surface area (Å²) in [6, 6.07) is 1.19. The van der Waals surface area contributed by atoms with Gasteiger partial charge in [0.2, 0.25) is 5.91 Å². The van der Waals surface area contributed by atoms with Crippen molar-refractivity contribution < 1.29 is 9.18 Å². The first-order valence-corrected chi connectivity index (χ1v) is 5.15. The molecule has 1 N–H and O–H groups in total. The Morgan fingerprint density at radius 3 is 2.94 bits per heavy atom. The highest BCUT2D eigenvalue weighted by Crippen LogP contribution is 2.18. The Morgan fingerprint density at radius 1 is 1.69 bits per heavy atom. The predicted octanol–water partition coefficient (Wildman–Crippen LogP) is 1.45. The van der Waals surface area contributed by atoms with E-state index in [2.05, 4.69) is 10.3 Å². The number of nitrogens with one attached hydrogen (secondary N) is 1. The van der Waals surface area contributed by atoms with E-state index in [9.17, 15) is 9.18 Å². The number of hydrogen-bond donors (Lipinski definition) is 1. The van der Waals surface area contributed by atoms with E-state index in [1.165, 1.54) is 12.3 Å². The Morgan fingerprint density at radius 2 is 2.38 bits per heavy atom.